The van der Waals surface area contributed by atoms with E-state index in [1.807, 2.05) is 0 Å². The van der Waals surface area contributed by atoms with Crippen molar-refractivity contribution in [1.29, 1.82) is 0 Å². The van der Waals surface area contributed by atoms with Crippen molar-refractivity contribution in [3.63, 3.8) is 0 Å². The highest BCUT2D eigenvalue weighted by Gasteiger charge is 2.27. The van der Waals surface area contributed by atoms with E-state index in [0.29, 0.717) is 13.2 Å². The van der Waals surface area contributed by atoms with E-state index in [1.54, 1.807) is 0 Å². The Hall–Kier alpha value is -1.75. The van der Waals surface area contributed by atoms with Gasteiger partial charge >= 0.3 is 5.69 Å². The summed E-state index contributed by atoms with van der Waals surface area (Å²) in [6.45, 7) is 0.834. The molecule has 0 aromatic heterocycles. The molecule has 0 bridgehead atoms. The number of ether oxygens (including phenoxy) is 2. The summed E-state index contributed by atoms with van der Waals surface area (Å²) in [5.74, 6) is 0. The summed E-state index contributed by atoms with van der Waals surface area (Å²) < 4.78 is 36.2. The van der Waals surface area contributed by atoms with Crippen LogP contribution in [-0.2, 0) is 19.5 Å². The monoisotopic (exact) mass is 319 g/mol. The molecule has 0 heterocycles. The van der Waals surface area contributed by atoms with Gasteiger partial charge in [-0.2, -0.15) is 0 Å². The first-order valence-electron chi connectivity index (χ1n) is 5.99. The number of rotatable bonds is 9. The molecule has 3 N–H and O–H groups in total. The molecule has 0 radical (unpaired) electrons. The molecule has 21 heavy (non-hydrogen) atoms. The largest absolute Gasteiger partial charge is 0.393 e. The number of sulfonamides is 1. The molecule has 0 aliphatic heterocycles. The predicted molar refractivity (Wildman–Crippen MR) is 75.4 cm³/mol. The Bertz CT molecular complexity index is 590. The van der Waals surface area contributed by atoms with Crippen molar-refractivity contribution in [3.8, 4) is 0 Å². The Labute approximate surface area is 122 Å². The Balaban J connectivity index is 2.75. The lowest BCUT2D eigenvalue weighted by Crippen LogP contribution is -2.28. The molecule has 9 nitrogen and oxygen atoms in total. The first-order valence-corrected chi connectivity index (χ1v) is 7.47. The third-order valence-corrected chi connectivity index (χ3v) is 3.97. The smallest absolute Gasteiger partial charge is 0.312 e. The molecular formula is C11H17N3O6S. The number of nitrogen functional groups attached to an aromatic ring is 1. The summed E-state index contributed by atoms with van der Waals surface area (Å²) in [5.41, 5.74) is 4.61. The number of anilines is 1. The summed E-state index contributed by atoms with van der Waals surface area (Å²) >= 11 is 0. The van der Waals surface area contributed by atoms with E-state index in [0.717, 1.165) is 6.07 Å². The summed E-state index contributed by atoms with van der Waals surface area (Å²) in [6, 6.07) is 3.74. The molecule has 0 aliphatic rings. The van der Waals surface area contributed by atoms with Crippen LogP contribution in [0, 0.1) is 10.1 Å². The van der Waals surface area contributed by atoms with Crippen LogP contribution >= 0.6 is 0 Å². The summed E-state index contributed by atoms with van der Waals surface area (Å²) in [5, 5.41) is 10.9. The third-order valence-electron chi connectivity index (χ3n) is 2.47. The van der Waals surface area contributed by atoms with E-state index in [9.17, 15) is 18.5 Å². The molecule has 0 amide bonds. The summed E-state index contributed by atoms with van der Waals surface area (Å²) in [6.07, 6.45) is 0. The minimum Gasteiger partial charge on any atom is -0.393 e. The van der Waals surface area contributed by atoms with Gasteiger partial charge in [0.2, 0.25) is 10.0 Å². The highest BCUT2D eigenvalue weighted by atomic mass is 32.2. The van der Waals surface area contributed by atoms with E-state index in [4.69, 9.17) is 15.2 Å². The lowest BCUT2D eigenvalue weighted by atomic mass is 10.3. The van der Waals surface area contributed by atoms with Crippen LogP contribution in [0.5, 0.6) is 0 Å². The van der Waals surface area contributed by atoms with E-state index < -0.39 is 25.5 Å². The second-order valence-electron chi connectivity index (χ2n) is 3.95. The maximum Gasteiger partial charge on any atom is 0.312 e. The fraction of sp³-hybridized carbons (Fsp3) is 0.455. The van der Waals surface area contributed by atoms with Gasteiger partial charge in [-0.15, -0.1) is 0 Å². The average Bonchev–Trinajstić information content (AvgIpc) is 2.42. The molecule has 1 rings (SSSR count). The average molecular weight is 319 g/mol. The van der Waals surface area contributed by atoms with Crippen LogP contribution < -0.4 is 10.5 Å². The van der Waals surface area contributed by atoms with Gasteiger partial charge in [0.25, 0.3) is 0 Å². The van der Waals surface area contributed by atoms with Crippen LogP contribution in [0.4, 0.5) is 11.4 Å². The first kappa shape index (κ1) is 17.3. The maximum atomic E-state index is 12.0. The van der Waals surface area contributed by atoms with Gasteiger partial charge in [-0.1, -0.05) is 6.07 Å². The predicted octanol–water partition coefficient (Wildman–Crippen LogP) is 0.118. The molecule has 0 unspecified atom stereocenters. The fourth-order valence-electron chi connectivity index (χ4n) is 1.52. The van der Waals surface area contributed by atoms with E-state index in [-0.39, 0.29) is 18.8 Å². The van der Waals surface area contributed by atoms with E-state index in [1.165, 1.54) is 19.2 Å². The Morgan fingerprint density at radius 1 is 1.33 bits per heavy atom. The van der Waals surface area contributed by atoms with E-state index >= 15 is 0 Å². The SMILES string of the molecule is COCCOCCNS(=O)(=O)c1cccc(N)c1[N+](=O)[O-]. The maximum absolute atomic E-state index is 12.0. The fourth-order valence-corrected chi connectivity index (χ4v) is 2.73. The van der Waals surface area contributed by atoms with Crippen molar-refractivity contribution >= 4 is 21.4 Å². The zero-order chi connectivity index (χ0) is 15.9. The Morgan fingerprint density at radius 2 is 2.05 bits per heavy atom. The van der Waals surface area contributed by atoms with E-state index in [2.05, 4.69) is 4.72 Å². The number of nitrogens with two attached hydrogens (primary N) is 1. The van der Waals surface area contributed by atoms with Crippen molar-refractivity contribution in [2.45, 2.75) is 4.90 Å². The third kappa shape index (κ3) is 4.93. The molecule has 0 atom stereocenters. The Morgan fingerprint density at radius 3 is 2.67 bits per heavy atom. The zero-order valence-corrected chi connectivity index (χ0v) is 12.3. The number of nitrogens with zero attached hydrogens (tertiary/aromatic N) is 1. The highest BCUT2D eigenvalue weighted by molar-refractivity contribution is 7.89. The van der Waals surface area contributed by atoms with Gasteiger partial charge in [-0.3, -0.25) is 10.1 Å². The number of nitro groups is 1. The van der Waals surface area contributed by atoms with Crippen LogP contribution in [0.25, 0.3) is 0 Å². The second-order valence-corrected chi connectivity index (χ2v) is 5.69. The minimum atomic E-state index is -4.03. The molecule has 118 valence electrons. The van der Waals surface area contributed by atoms with Gasteiger partial charge in [-0.05, 0) is 12.1 Å². The summed E-state index contributed by atoms with van der Waals surface area (Å²) in [4.78, 5) is 9.64. The molecule has 1 aromatic rings. The second kappa shape index (κ2) is 7.88. The van der Waals surface area contributed by atoms with Gasteiger partial charge in [0.1, 0.15) is 5.69 Å². The number of para-hydroxylation sites is 1. The lowest BCUT2D eigenvalue weighted by Gasteiger charge is -2.08. The molecule has 0 spiro atoms. The number of benzene rings is 1. The number of hydrogen-bond donors (Lipinski definition) is 2. The van der Waals surface area contributed by atoms with Crippen LogP contribution in [0.2, 0.25) is 0 Å². The minimum absolute atomic E-state index is 0.0159. The van der Waals surface area contributed by atoms with Crippen molar-refractivity contribution in [2.24, 2.45) is 0 Å². The first-order chi connectivity index (χ1) is 9.90. The molecule has 0 saturated carbocycles. The summed E-state index contributed by atoms with van der Waals surface area (Å²) in [7, 11) is -2.52. The van der Waals surface area contributed by atoms with Crippen LogP contribution in [0.15, 0.2) is 23.1 Å². The van der Waals surface area contributed by atoms with Crippen LogP contribution in [-0.4, -0.2) is 46.8 Å². The molecular weight excluding hydrogens is 302 g/mol. The molecule has 0 aliphatic carbocycles. The molecule has 0 fully saturated rings. The van der Waals surface area contributed by atoms with Crippen molar-refractivity contribution < 1.29 is 22.8 Å². The normalized spacial score (nSPS) is 11.5. The van der Waals surface area contributed by atoms with Crippen LogP contribution in [0.3, 0.4) is 0 Å². The molecule has 10 heteroatoms. The topological polar surface area (TPSA) is 134 Å². The van der Waals surface area contributed by atoms with Crippen LogP contribution in [0.1, 0.15) is 0 Å². The van der Waals surface area contributed by atoms with Gasteiger partial charge in [0.05, 0.1) is 24.7 Å². The van der Waals surface area contributed by atoms with Crippen molar-refractivity contribution in [1.82, 2.24) is 4.72 Å². The van der Waals surface area contributed by atoms with Gasteiger partial charge in [-0.25, -0.2) is 13.1 Å². The number of nitrogens with one attached hydrogen (secondary N) is 1. The van der Waals surface area contributed by atoms with Crippen molar-refractivity contribution in [3.05, 3.63) is 28.3 Å². The van der Waals surface area contributed by atoms with Gasteiger partial charge in [0, 0.05) is 13.7 Å². The highest BCUT2D eigenvalue weighted by Crippen LogP contribution is 2.29. The quantitative estimate of drug-likeness (QED) is 0.286. The number of methoxy groups -OCH3 is 1. The zero-order valence-electron chi connectivity index (χ0n) is 11.4. The molecule has 1 aromatic carbocycles. The van der Waals surface area contributed by atoms with Crippen molar-refractivity contribution in [2.75, 3.05) is 39.2 Å². The van der Waals surface area contributed by atoms with Gasteiger partial charge < -0.3 is 15.2 Å². The Kier molecular flexibility index (Phi) is 6.49. The number of hydrogen-bond acceptors (Lipinski definition) is 7. The number of nitro benzene ring substituents is 1. The lowest BCUT2D eigenvalue weighted by molar-refractivity contribution is -0.386. The standard InChI is InChI=1S/C11H17N3O6S/c1-19-7-8-20-6-5-13-21(17,18)10-4-2-3-9(12)11(10)14(15)16/h2-4,13H,5-8,12H2,1H3. The van der Waals surface area contributed by atoms with Gasteiger partial charge in [0.15, 0.2) is 4.90 Å². The molecule has 0 saturated heterocycles.